The molecule has 1 rings (SSSR count). The summed E-state index contributed by atoms with van der Waals surface area (Å²) < 4.78 is 5.13. The fourth-order valence-corrected chi connectivity index (χ4v) is 2.28. The summed E-state index contributed by atoms with van der Waals surface area (Å²) in [6.07, 6.45) is 1.23. The van der Waals surface area contributed by atoms with Crippen molar-refractivity contribution in [1.82, 2.24) is 4.90 Å². The van der Waals surface area contributed by atoms with E-state index in [2.05, 4.69) is 0 Å². The fraction of sp³-hybridized carbons (Fsp3) is 0.833. The summed E-state index contributed by atoms with van der Waals surface area (Å²) in [5.41, 5.74) is 5.08. The number of nitrogens with two attached hydrogens (primary N) is 1. The van der Waals surface area contributed by atoms with Gasteiger partial charge in [-0.3, -0.25) is 4.79 Å². The van der Waals surface area contributed by atoms with Gasteiger partial charge >= 0.3 is 5.97 Å². The number of rotatable bonds is 5. The second-order valence-electron chi connectivity index (χ2n) is 4.62. The summed E-state index contributed by atoms with van der Waals surface area (Å²) in [6.45, 7) is 4.80. The molecule has 0 bridgehead atoms. The number of amides is 1. The Kier molecular flexibility index (Phi) is 5.10. The molecule has 6 heteroatoms. The van der Waals surface area contributed by atoms with Crippen molar-refractivity contribution in [1.29, 1.82) is 0 Å². The lowest BCUT2D eigenvalue weighted by molar-refractivity contribution is -0.163. The van der Waals surface area contributed by atoms with Crippen molar-refractivity contribution in [3.63, 3.8) is 0 Å². The molecule has 1 heterocycles. The lowest BCUT2D eigenvalue weighted by atomic mass is 9.80. The first-order valence-corrected chi connectivity index (χ1v) is 6.34. The summed E-state index contributed by atoms with van der Waals surface area (Å²) in [7, 11) is 0. The molecule has 6 nitrogen and oxygen atoms in total. The summed E-state index contributed by atoms with van der Waals surface area (Å²) in [5.74, 6) is -1.19. The van der Waals surface area contributed by atoms with Crippen molar-refractivity contribution < 1.29 is 19.4 Å². The van der Waals surface area contributed by atoms with Gasteiger partial charge in [0, 0.05) is 13.1 Å². The van der Waals surface area contributed by atoms with E-state index in [-0.39, 0.29) is 19.1 Å². The first-order valence-electron chi connectivity index (χ1n) is 6.34. The fourth-order valence-electron chi connectivity index (χ4n) is 2.28. The normalized spacial score (nSPS) is 20.8. The van der Waals surface area contributed by atoms with Crippen molar-refractivity contribution >= 4 is 11.9 Å². The number of aliphatic carboxylic acids is 1. The zero-order valence-electron chi connectivity index (χ0n) is 11.0. The van der Waals surface area contributed by atoms with Gasteiger partial charge in [-0.15, -0.1) is 0 Å². The number of carbonyl (C=O) groups excluding carboxylic acids is 1. The molecular formula is C12H22N2O4. The SMILES string of the molecule is CCC(CC)(CN)C(=O)N1CCOCC1C(=O)O. The highest BCUT2D eigenvalue weighted by Crippen LogP contribution is 2.29. The van der Waals surface area contributed by atoms with Gasteiger partial charge in [-0.25, -0.2) is 4.79 Å². The zero-order valence-corrected chi connectivity index (χ0v) is 11.0. The Labute approximate surface area is 107 Å². The molecule has 1 aliphatic rings. The van der Waals surface area contributed by atoms with Crippen LogP contribution in [0.4, 0.5) is 0 Å². The Balaban J connectivity index is 2.95. The summed E-state index contributed by atoms with van der Waals surface area (Å²) in [4.78, 5) is 25.1. The molecule has 1 unspecified atom stereocenters. The van der Waals surface area contributed by atoms with E-state index < -0.39 is 17.4 Å². The second kappa shape index (κ2) is 6.15. The number of morpholine rings is 1. The molecule has 18 heavy (non-hydrogen) atoms. The average Bonchev–Trinajstić information content (AvgIpc) is 2.41. The van der Waals surface area contributed by atoms with Gasteiger partial charge in [-0.1, -0.05) is 13.8 Å². The Hall–Kier alpha value is -1.14. The lowest BCUT2D eigenvalue weighted by Gasteiger charge is -2.40. The van der Waals surface area contributed by atoms with Crippen LogP contribution in [-0.4, -0.2) is 54.2 Å². The summed E-state index contributed by atoms with van der Waals surface area (Å²) in [6, 6.07) is -0.893. The third kappa shape index (κ3) is 2.64. The average molecular weight is 258 g/mol. The predicted octanol–water partition coefficient (Wildman–Crippen LogP) is 0.0635. The molecule has 104 valence electrons. The minimum Gasteiger partial charge on any atom is -0.480 e. The summed E-state index contributed by atoms with van der Waals surface area (Å²) in [5, 5.41) is 9.14. The highest BCUT2D eigenvalue weighted by atomic mass is 16.5. The molecule has 0 radical (unpaired) electrons. The predicted molar refractivity (Wildman–Crippen MR) is 66.0 cm³/mol. The van der Waals surface area contributed by atoms with E-state index in [0.717, 1.165) is 0 Å². The molecule has 1 saturated heterocycles. The number of nitrogens with zero attached hydrogens (tertiary/aromatic N) is 1. The van der Waals surface area contributed by atoms with Gasteiger partial charge in [0.25, 0.3) is 0 Å². The third-order valence-corrected chi connectivity index (χ3v) is 3.87. The van der Waals surface area contributed by atoms with E-state index >= 15 is 0 Å². The van der Waals surface area contributed by atoms with E-state index in [1.165, 1.54) is 4.90 Å². The summed E-state index contributed by atoms with van der Waals surface area (Å²) >= 11 is 0. The van der Waals surface area contributed by atoms with Crippen LogP contribution < -0.4 is 5.73 Å². The molecule has 0 saturated carbocycles. The van der Waals surface area contributed by atoms with E-state index in [9.17, 15) is 9.59 Å². The maximum absolute atomic E-state index is 12.6. The van der Waals surface area contributed by atoms with Gasteiger partial charge in [0.2, 0.25) is 5.91 Å². The lowest BCUT2D eigenvalue weighted by Crippen LogP contribution is -2.58. The van der Waals surface area contributed by atoms with E-state index in [1.807, 2.05) is 13.8 Å². The van der Waals surface area contributed by atoms with Gasteiger partial charge in [0.1, 0.15) is 0 Å². The first-order chi connectivity index (χ1) is 8.52. The van der Waals surface area contributed by atoms with Crippen molar-refractivity contribution in [2.45, 2.75) is 32.7 Å². The minimum atomic E-state index is -1.03. The monoisotopic (exact) mass is 258 g/mol. The van der Waals surface area contributed by atoms with Crippen LogP contribution in [0.2, 0.25) is 0 Å². The van der Waals surface area contributed by atoms with Crippen molar-refractivity contribution in [3.05, 3.63) is 0 Å². The maximum Gasteiger partial charge on any atom is 0.328 e. The number of hydrogen-bond acceptors (Lipinski definition) is 4. The zero-order chi connectivity index (χ0) is 13.8. The Morgan fingerprint density at radius 1 is 1.44 bits per heavy atom. The molecule has 0 spiro atoms. The second-order valence-corrected chi connectivity index (χ2v) is 4.62. The highest BCUT2D eigenvalue weighted by Gasteiger charge is 2.42. The van der Waals surface area contributed by atoms with Gasteiger partial charge < -0.3 is 20.5 Å². The smallest absolute Gasteiger partial charge is 0.328 e. The van der Waals surface area contributed by atoms with E-state index in [1.54, 1.807) is 0 Å². The number of carboxylic acids is 1. The third-order valence-electron chi connectivity index (χ3n) is 3.87. The molecule has 1 amide bonds. The van der Waals surface area contributed by atoms with Gasteiger partial charge in [0.15, 0.2) is 6.04 Å². The minimum absolute atomic E-state index is 0.0507. The van der Waals surface area contributed by atoms with E-state index in [4.69, 9.17) is 15.6 Å². The standard InChI is InChI=1S/C12H22N2O4/c1-3-12(4-2,8-13)11(17)14-5-6-18-7-9(14)10(15)16/h9H,3-8,13H2,1-2H3,(H,15,16). The number of carbonyl (C=O) groups is 2. The highest BCUT2D eigenvalue weighted by molar-refractivity contribution is 5.88. The Morgan fingerprint density at radius 3 is 2.50 bits per heavy atom. The van der Waals surface area contributed by atoms with Crippen LogP contribution in [0.5, 0.6) is 0 Å². The molecule has 0 aliphatic carbocycles. The molecule has 0 aromatic heterocycles. The van der Waals surface area contributed by atoms with Gasteiger partial charge in [0.05, 0.1) is 18.6 Å². The van der Waals surface area contributed by atoms with Gasteiger partial charge in [-0.2, -0.15) is 0 Å². The topological polar surface area (TPSA) is 92.9 Å². The van der Waals surface area contributed by atoms with Crippen LogP contribution in [0.25, 0.3) is 0 Å². The molecule has 1 atom stereocenters. The van der Waals surface area contributed by atoms with E-state index in [0.29, 0.717) is 26.0 Å². The van der Waals surface area contributed by atoms with Crippen LogP contribution in [0.1, 0.15) is 26.7 Å². The largest absolute Gasteiger partial charge is 0.480 e. The Bertz CT molecular complexity index is 307. The Morgan fingerprint density at radius 2 is 2.06 bits per heavy atom. The van der Waals surface area contributed by atoms with Crippen molar-refractivity contribution in [2.75, 3.05) is 26.3 Å². The molecule has 1 aliphatic heterocycles. The molecule has 0 aromatic carbocycles. The molecule has 0 aromatic rings. The van der Waals surface area contributed by atoms with Crippen LogP contribution >= 0.6 is 0 Å². The quantitative estimate of drug-likeness (QED) is 0.727. The number of ether oxygens (including phenoxy) is 1. The molecular weight excluding hydrogens is 236 g/mol. The van der Waals surface area contributed by atoms with Crippen LogP contribution in [0.3, 0.4) is 0 Å². The number of carboxylic acid groups (broad SMARTS) is 1. The molecule has 1 fully saturated rings. The molecule has 3 N–H and O–H groups in total. The van der Waals surface area contributed by atoms with Crippen molar-refractivity contribution in [2.24, 2.45) is 11.1 Å². The van der Waals surface area contributed by atoms with Crippen molar-refractivity contribution in [3.8, 4) is 0 Å². The maximum atomic E-state index is 12.6. The number of hydrogen-bond donors (Lipinski definition) is 2. The van der Waals surface area contributed by atoms with Crippen LogP contribution in [0, 0.1) is 5.41 Å². The van der Waals surface area contributed by atoms with Crippen LogP contribution in [-0.2, 0) is 14.3 Å². The van der Waals surface area contributed by atoms with Crippen LogP contribution in [0.15, 0.2) is 0 Å². The first kappa shape index (κ1) is 14.9. The van der Waals surface area contributed by atoms with Gasteiger partial charge in [-0.05, 0) is 12.8 Å².